The van der Waals surface area contributed by atoms with Crippen LogP contribution in [0.25, 0.3) is 0 Å². The highest BCUT2D eigenvalue weighted by Crippen LogP contribution is 2.51. The molecule has 0 saturated heterocycles. The van der Waals surface area contributed by atoms with Gasteiger partial charge in [0.1, 0.15) is 0 Å². The third kappa shape index (κ3) is 0.320. The molecule has 0 spiro atoms. The number of hydrogen-bond acceptors (Lipinski definition) is 2. The van der Waals surface area contributed by atoms with Crippen LogP contribution in [0.5, 0.6) is 11.5 Å². The first-order valence-electron chi connectivity index (χ1n) is 2.14. The number of rotatable bonds is 0. The van der Waals surface area contributed by atoms with Crippen LogP contribution >= 0.6 is 11.3 Å². The van der Waals surface area contributed by atoms with E-state index in [1.54, 1.807) is 11.3 Å². The maximum Gasteiger partial charge on any atom is 0.183 e. The second kappa shape index (κ2) is 0.842. The molecule has 0 amide bonds. The van der Waals surface area contributed by atoms with Gasteiger partial charge in [0, 0.05) is 10.3 Å². The minimum Gasteiger partial charge on any atom is -0.447 e. The molecule has 0 bridgehead atoms. The Morgan fingerprint density at radius 3 is 2.71 bits per heavy atom. The zero-order valence-electron chi connectivity index (χ0n) is 3.89. The monoisotopic (exact) mass is 112 g/mol. The summed E-state index contributed by atoms with van der Waals surface area (Å²) in [5, 5.41) is 2.03. The van der Waals surface area contributed by atoms with Crippen molar-refractivity contribution in [2.24, 2.45) is 0 Å². The average molecular weight is 112 g/mol. The molecule has 1 aromatic rings. The number of thiophene rings is 1. The third-order valence-electron chi connectivity index (χ3n) is 1.06. The number of fused-ring (bicyclic) bond motifs is 1. The Balaban J connectivity index is 2.76. The Hall–Kier alpha value is -0.500. The van der Waals surface area contributed by atoms with E-state index >= 15 is 0 Å². The smallest absolute Gasteiger partial charge is 0.183 e. The summed E-state index contributed by atoms with van der Waals surface area (Å²) in [5.74, 6) is 2.20. The molecule has 1 aliphatic heterocycles. The maximum atomic E-state index is 4.98. The number of hydrogen-bond donors (Lipinski definition) is 0. The van der Waals surface area contributed by atoms with Crippen molar-refractivity contribution in [2.75, 3.05) is 0 Å². The van der Waals surface area contributed by atoms with E-state index in [1.807, 2.05) is 5.38 Å². The first kappa shape index (κ1) is 3.50. The molecule has 0 radical (unpaired) electrons. The van der Waals surface area contributed by atoms with E-state index in [2.05, 4.69) is 6.92 Å². The summed E-state index contributed by atoms with van der Waals surface area (Å²) in [4.78, 5) is 1.30. The number of aryl methyl sites for hydroxylation is 1. The standard InChI is InChI=1S/C5H4OS/c1-3-5-4(6-5)2-7-3/h2H,1H3. The van der Waals surface area contributed by atoms with Crippen LogP contribution in [-0.4, -0.2) is 0 Å². The van der Waals surface area contributed by atoms with Gasteiger partial charge in [-0.2, -0.15) is 0 Å². The second-order valence-corrected chi connectivity index (χ2v) is 2.67. The molecule has 1 nitrogen and oxygen atoms in total. The van der Waals surface area contributed by atoms with Crippen molar-refractivity contribution in [1.82, 2.24) is 0 Å². The van der Waals surface area contributed by atoms with Gasteiger partial charge in [-0.15, -0.1) is 11.3 Å². The molecule has 0 fully saturated rings. The summed E-state index contributed by atoms with van der Waals surface area (Å²) < 4.78 is 4.98. The molecule has 1 aliphatic rings. The molecule has 0 aliphatic carbocycles. The van der Waals surface area contributed by atoms with Crippen LogP contribution in [0.4, 0.5) is 0 Å². The van der Waals surface area contributed by atoms with E-state index in [-0.39, 0.29) is 0 Å². The summed E-state index contributed by atoms with van der Waals surface area (Å²) in [7, 11) is 0. The zero-order chi connectivity index (χ0) is 4.85. The largest absolute Gasteiger partial charge is 0.447 e. The molecule has 2 heterocycles. The van der Waals surface area contributed by atoms with Crippen molar-refractivity contribution in [1.29, 1.82) is 0 Å². The van der Waals surface area contributed by atoms with Crippen molar-refractivity contribution in [3.63, 3.8) is 0 Å². The molecular formula is C5H4OS. The fourth-order valence-electron chi connectivity index (χ4n) is 0.603. The molecule has 0 aromatic carbocycles. The Bertz CT molecular complexity index is 202. The van der Waals surface area contributed by atoms with E-state index < -0.39 is 0 Å². The molecule has 0 atom stereocenters. The van der Waals surface area contributed by atoms with Gasteiger partial charge in [-0.3, -0.25) is 0 Å². The summed E-state index contributed by atoms with van der Waals surface area (Å²) in [6, 6.07) is 0. The second-order valence-electron chi connectivity index (χ2n) is 1.59. The highest BCUT2D eigenvalue weighted by molar-refractivity contribution is 7.10. The van der Waals surface area contributed by atoms with Gasteiger partial charge in [0.15, 0.2) is 11.5 Å². The van der Waals surface area contributed by atoms with E-state index in [4.69, 9.17) is 4.74 Å². The van der Waals surface area contributed by atoms with Crippen molar-refractivity contribution in [2.45, 2.75) is 6.92 Å². The van der Waals surface area contributed by atoms with Crippen LogP contribution in [0, 0.1) is 6.92 Å². The Morgan fingerprint density at radius 1 is 1.71 bits per heavy atom. The lowest BCUT2D eigenvalue weighted by molar-refractivity contribution is 0.646. The van der Waals surface area contributed by atoms with E-state index in [9.17, 15) is 0 Å². The van der Waals surface area contributed by atoms with Crippen molar-refractivity contribution >= 4 is 11.3 Å². The molecule has 36 valence electrons. The molecular weight excluding hydrogens is 108 g/mol. The van der Waals surface area contributed by atoms with Crippen LogP contribution in [0.2, 0.25) is 0 Å². The van der Waals surface area contributed by atoms with Crippen LogP contribution in [0.15, 0.2) is 5.38 Å². The minimum absolute atomic E-state index is 1.09. The summed E-state index contributed by atoms with van der Waals surface area (Å²) in [6.45, 7) is 2.07. The topological polar surface area (TPSA) is 12.5 Å². The highest BCUT2D eigenvalue weighted by Gasteiger charge is 2.23. The van der Waals surface area contributed by atoms with Crippen LogP contribution in [0.3, 0.4) is 0 Å². The van der Waals surface area contributed by atoms with Crippen LogP contribution in [0.1, 0.15) is 4.88 Å². The summed E-state index contributed by atoms with van der Waals surface area (Å²) in [6.07, 6.45) is 0. The number of ether oxygens (including phenoxy) is 1. The summed E-state index contributed by atoms with van der Waals surface area (Å²) in [5.41, 5.74) is 0. The molecule has 1 aromatic heterocycles. The van der Waals surface area contributed by atoms with Gasteiger partial charge in [0.25, 0.3) is 0 Å². The first-order chi connectivity index (χ1) is 3.38. The fourth-order valence-corrected chi connectivity index (χ4v) is 1.29. The van der Waals surface area contributed by atoms with Gasteiger partial charge in [0.05, 0.1) is 0 Å². The van der Waals surface area contributed by atoms with E-state index in [1.165, 1.54) is 4.88 Å². The van der Waals surface area contributed by atoms with Gasteiger partial charge in [-0.25, -0.2) is 0 Å². The lowest BCUT2D eigenvalue weighted by atomic mass is 10.5. The average Bonchev–Trinajstić information content (AvgIpc) is 2.33. The summed E-state index contributed by atoms with van der Waals surface area (Å²) >= 11 is 1.75. The molecule has 0 N–H and O–H groups in total. The normalized spacial score (nSPS) is 12.7. The highest BCUT2D eigenvalue weighted by atomic mass is 32.1. The zero-order valence-corrected chi connectivity index (χ0v) is 4.71. The van der Waals surface area contributed by atoms with Crippen molar-refractivity contribution in [3.05, 3.63) is 10.3 Å². The van der Waals surface area contributed by atoms with Gasteiger partial charge in [-0.05, 0) is 6.92 Å². The maximum absolute atomic E-state index is 4.98. The Labute approximate surface area is 45.5 Å². The molecule has 2 rings (SSSR count). The van der Waals surface area contributed by atoms with Crippen molar-refractivity contribution < 1.29 is 4.74 Å². The van der Waals surface area contributed by atoms with E-state index in [0.29, 0.717) is 0 Å². The molecule has 0 unspecified atom stereocenters. The quantitative estimate of drug-likeness (QED) is 0.476. The van der Waals surface area contributed by atoms with Crippen LogP contribution in [-0.2, 0) is 0 Å². The SMILES string of the molecule is Cc1scc2c1O2. The lowest BCUT2D eigenvalue weighted by Crippen LogP contribution is -1.53. The molecule has 7 heavy (non-hydrogen) atoms. The molecule has 2 heteroatoms. The fraction of sp³-hybridized carbons (Fsp3) is 0.200. The predicted octanol–water partition coefficient (Wildman–Crippen LogP) is 2.16. The van der Waals surface area contributed by atoms with Crippen molar-refractivity contribution in [3.8, 4) is 11.5 Å². The van der Waals surface area contributed by atoms with Crippen LogP contribution < -0.4 is 4.74 Å². The van der Waals surface area contributed by atoms with Gasteiger partial charge in [0.2, 0.25) is 0 Å². The lowest BCUT2D eigenvalue weighted by Gasteiger charge is -1.74. The molecule has 0 saturated carbocycles. The predicted molar refractivity (Wildman–Crippen MR) is 29.1 cm³/mol. The van der Waals surface area contributed by atoms with Gasteiger partial charge < -0.3 is 4.74 Å². The third-order valence-corrected chi connectivity index (χ3v) is 1.93. The van der Waals surface area contributed by atoms with Gasteiger partial charge >= 0.3 is 0 Å². The Kier molecular flexibility index (Phi) is 0.421. The van der Waals surface area contributed by atoms with Gasteiger partial charge in [-0.1, -0.05) is 0 Å². The van der Waals surface area contributed by atoms with E-state index in [0.717, 1.165) is 11.5 Å². The first-order valence-corrected chi connectivity index (χ1v) is 3.02. The Morgan fingerprint density at radius 2 is 2.57 bits per heavy atom. The minimum atomic E-state index is 1.09.